The van der Waals surface area contributed by atoms with Crippen molar-refractivity contribution >= 4 is 34.1 Å². The second-order valence-corrected chi connectivity index (χ2v) is 27.3. The van der Waals surface area contributed by atoms with E-state index in [9.17, 15) is 0 Å². The summed E-state index contributed by atoms with van der Waals surface area (Å²) in [6.07, 6.45) is 0. The molecule has 14 aromatic carbocycles. The summed E-state index contributed by atoms with van der Waals surface area (Å²) < 4.78 is 0. The smallest absolute Gasteiger partial charge is 0.0720 e. The Kier molecular flexibility index (Phi) is 11.6. The van der Waals surface area contributed by atoms with E-state index in [1.165, 1.54) is 134 Å². The second-order valence-electron chi connectivity index (χ2n) is 27.3. The van der Waals surface area contributed by atoms with Gasteiger partial charge in [-0.2, -0.15) is 0 Å². The Bertz CT molecular complexity index is 5090. The molecule has 5 aliphatic carbocycles. The van der Waals surface area contributed by atoms with E-state index >= 15 is 0 Å². The van der Waals surface area contributed by atoms with Gasteiger partial charge in [0.25, 0.3) is 0 Å². The molecular weight excluding hydrogens is 1130 g/mol. The van der Waals surface area contributed by atoms with Crippen molar-refractivity contribution in [2.24, 2.45) is 0 Å². The maximum absolute atomic E-state index is 2.59. The van der Waals surface area contributed by atoms with E-state index in [4.69, 9.17) is 0 Å². The molecule has 5 aliphatic rings. The fourth-order valence-electron chi connectivity index (χ4n) is 18.3. The van der Waals surface area contributed by atoms with Gasteiger partial charge in [0.1, 0.15) is 0 Å². The van der Waals surface area contributed by atoms with Crippen LogP contribution in [0.4, 0.5) is 34.1 Å². The average Bonchev–Trinajstić information content (AvgIpc) is 1.54. The molecule has 0 aromatic heterocycles. The van der Waals surface area contributed by atoms with E-state index in [-0.39, 0.29) is 10.8 Å². The molecule has 444 valence electrons. The highest BCUT2D eigenvalue weighted by Crippen LogP contribution is 2.70. The Balaban J connectivity index is 0.865. The van der Waals surface area contributed by atoms with E-state index in [0.717, 1.165) is 34.1 Å². The lowest BCUT2D eigenvalue weighted by Crippen LogP contribution is -2.43. The van der Waals surface area contributed by atoms with Gasteiger partial charge in [0.15, 0.2) is 0 Å². The quantitative estimate of drug-likeness (QED) is 0.150. The fraction of sp³-hybridized carbons (Fsp3) is 0.0870. The Hall–Kier alpha value is -11.3. The van der Waals surface area contributed by atoms with Gasteiger partial charge in [-0.15, -0.1) is 0 Å². The van der Waals surface area contributed by atoms with Crippen LogP contribution in [0.2, 0.25) is 0 Å². The molecule has 0 saturated carbocycles. The molecule has 0 radical (unpaired) electrons. The highest BCUT2D eigenvalue weighted by Gasteiger charge is 2.60. The lowest BCUT2D eigenvalue weighted by molar-refractivity contribution is 0.633. The van der Waals surface area contributed by atoms with Crippen molar-refractivity contribution in [1.29, 1.82) is 0 Å². The van der Waals surface area contributed by atoms with E-state index in [2.05, 4.69) is 365 Å². The number of benzene rings is 14. The number of rotatable bonds is 8. The van der Waals surface area contributed by atoms with Gasteiger partial charge in [0.05, 0.1) is 33.6 Å². The lowest BCUT2D eigenvalue weighted by Gasteiger charge is -2.49. The van der Waals surface area contributed by atoms with E-state index < -0.39 is 10.8 Å². The third-order valence-corrected chi connectivity index (χ3v) is 22.2. The van der Waals surface area contributed by atoms with Crippen molar-refractivity contribution in [3.05, 3.63) is 394 Å². The number of anilines is 6. The van der Waals surface area contributed by atoms with Crippen molar-refractivity contribution in [1.82, 2.24) is 0 Å². The zero-order valence-electron chi connectivity index (χ0n) is 53.1. The maximum atomic E-state index is 2.59. The number of hydrogen-bond acceptors (Lipinski definition) is 2. The van der Waals surface area contributed by atoms with Crippen molar-refractivity contribution in [3.8, 4) is 66.8 Å². The molecule has 0 aliphatic heterocycles. The van der Waals surface area contributed by atoms with Gasteiger partial charge in [-0.3, -0.25) is 0 Å². The van der Waals surface area contributed by atoms with Crippen LogP contribution in [-0.2, 0) is 21.7 Å². The van der Waals surface area contributed by atoms with Crippen molar-refractivity contribution in [3.63, 3.8) is 0 Å². The zero-order chi connectivity index (χ0) is 62.7. The predicted molar refractivity (Wildman–Crippen MR) is 390 cm³/mol. The number of para-hydroxylation sites is 2. The topological polar surface area (TPSA) is 6.48 Å². The molecule has 0 saturated heterocycles. The third kappa shape index (κ3) is 7.20. The van der Waals surface area contributed by atoms with Gasteiger partial charge < -0.3 is 9.80 Å². The predicted octanol–water partition coefficient (Wildman–Crippen LogP) is 23.6. The van der Waals surface area contributed by atoms with Crippen LogP contribution in [0, 0.1) is 0 Å². The first kappa shape index (κ1) is 54.4. The van der Waals surface area contributed by atoms with Crippen LogP contribution >= 0.6 is 0 Å². The second kappa shape index (κ2) is 20.1. The summed E-state index contributed by atoms with van der Waals surface area (Å²) in [6, 6.07) is 125. The van der Waals surface area contributed by atoms with E-state index in [1.54, 1.807) is 0 Å². The molecule has 2 nitrogen and oxygen atoms in total. The Morgan fingerprint density at radius 3 is 0.851 bits per heavy atom. The first-order valence-electron chi connectivity index (χ1n) is 33.2. The molecule has 19 rings (SSSR count). The van der Waals surface area contributed by atoms with Crippen molar-refractivity contribution in [2.75, 3.05) is 9.80 Å². The maximum Gasteiger partial charge on any atom is 0.0720 e. The number of nitrogens with zero attached hydrogens (tertiary/aromatic N) is 2. The number of fused-ring (bicyclic) bond motifs is 22. The summed E-state index contributed by atoms with van der Waals surface area (Å²) in [5, 5.41) is 0. The number of hydrogen-bond donors (Lipinski definition) is 0. The summed E-state index contributed by atoms with van der Waals surface area (Å²) in [5.41, 5.74) is 35.6. The van der Waals surface area contributed by atoms with Crippen LogP contribution in [0.5, 0.6) is 0 Å². The fourth-order valence-corrected chi connectivity index (χ4v) is 18.3. The molecule has 2 heteroatoms. The summed E-state index contributed by atoms with van der Waals surface area (Å²) in [7, 11) is 0. The Morgan fingerprint density at radius 1 is 0.191 bits per heavy atom. The zero-order valence-corrected chi connectivity index (χ0v) is 53.1. The molecule has 0 heterocycles. The molecule has 0 N–H and O–H groups in total. The van der Waals surface area contributed by atoms with Crippen LogP contribution in [-0.4, -0.2) is 0 Å². The monoisotopic (exact) mass is 1200 g/mol. The molecule has 94 heavy (non-hydrogen) atoms. The average molecular weight is 1200 g/mol. The summed E-state index contributed by atoms with van der Waals surface area (Å²) in [6.45, 7) is 9.58. The SMILES string of the molecule is CC1(C)c2ccccc2-c2ccc(N(c3ccccc3-c3ccccc3)c3cccc4c3-c3ccccc3C43c4ccccc4C4(c5ccccc5-c5c(N(c6ccc7c(c6)C(C)(C)c6ccccc6-7)c6ccccc6-c6ccccc6)cccc54)c4ccccc43)cc21. The normalized spacial score (nSPS) is 17.0. The van der Waals surface area contributed by atoms with Gasteiger partial charge in [-0.1, -0.05) is 307 Å². The first-order valence-corrected chi connectivity index (χ1v) is 33.2. The molecule has 0 fully saturated rings. The summed E-state index contributed by atoms with van der Waals surface area (Å²) in [5.74, 6) is 0. The van der Waals surface area contributed by atoms with E-state index in [1.807, 2.05) is 0 Å². The van der Waals surface area contributed by atoms with Gasteiger partial charge in [0.2, 0.25) is 0 Å². The van der Waals surface area contributed by atoms with Crippen molar-refractivity contribution < 1.29 is 0 Å². The third-order valence-electron chi connectivity index (χ3n) is 22.2. The first-order chi connectivity index (χ1) is 46.2. The molecule has 0 atom stereocenters. The highest BCUT2D eigenvalue weighted by molar-refractivity contribution is 6.04. The van der Waals surface area contributed by atoms with Crippen LogP contribution in [0.3, 0.4) is 0 Å². The molecular formula is C92H66N2. The minimum Gasteiger partial charge on any atom is -0.309 e. The van der Waals surface area contributed by atoms with E-state index in [0.29, 0.717) is 0 Å². The van der Waals surface area contributed by atoms with Gasteiger partial charge >= 0.3 is 0 Å². The molecule has 0 bridgehead atoms. The molecule has 0 amide bonds. The lowest BCUT2D eigenvalue weighted by atomic mass is 9.52. The molecule has 14 aromatic rings. The van der Waals surface area contributed by atoms with Crippen LogP contribution in [0.1, 0.15) is 94.5 Å². The summed E-state index contributed by atoms with van der Waals surface area (Å²) >= 11 is 0. The van der Waals surface area contributed by atoms with Gasteiger partial charge in [-0.05, 0) is 160 Å². The highest BCUT2D eigenvalue weighted by atomic mass is 15.2. The largest absolute Gasteiger partial charge is 0.309 e. The standard InChI is InChI=1S/C92H66N2/c1-89(2)71-39-17-11-35-65(71)67-55-53-61(57-81(67)89)93(83-49-25-15-33-63(83)59-29-7-5-8-30-59)85-51-27-47-79-87(85)69-37-13-19-41-73(69)91(79)75-43-21-23-45-77(75)92(78-46-24-22-44-76(78)91)74-42-20-14-38-70(74)88-80(92)48-28-52-86(88)94(84-50-26-16-34-64(84)60-31-9-6-10-32-60)62-54-56-68-66-36-12-18-40-72(66)90(3,4)82(68)58-62/h5-58H,1-4H3. The summed E-state index contributed by atoms with van der Waals surface area (Å²) in [4.78, 5) is 5.18. The van der Waals surface area contributed by atoms with Gasteiger partial charge in [-0.25, -0.2) is 0 Å². The minimum absolute atomic E-state index is 0.206. The minimum atomic E-state index is -0.725. The molecule has 2 spiro atoms. The Labute approximate surface area is 551 Å². The van der Waals surface area contributed by atoms with Crippen LogP contribution in [0.25, 0.3) is 66.8 Å². The van der Waals surface area contributed by atoms with Crippen molar-refractivity contribution in [2.45, 2.75) is 49.4 Å². The van der Waals surface area contributed by atoms with Gasteiger partial charge in [0, 0.05) is 44.5 Å². The van der Waals surface area contributed by atoms with Crippen LogP contribution < -0.4 is 9.80 Å². The Morgan fingerprint density at radius 2 is 0.468 bits per heavy atom. The van der Waals surface area contributed by atoms with Crippen LogP contribution in [0.15, 0.2) is 328 Å². The molecule has 0 unspecified atom stereocenters.